The van der Waals surface area contributed by atoms with Crippen LogP contribution in [0.4, 0.5) is 0 Å². The second-order valence-electron chi connectivity index (χ2n) is 11.8. The Balaban J connectivity index is 1.44. The molecule has 1 amide bonds. The summed E-state index contributed by atoms with van der Waals surface area (Å²) < 4.78 is 22.5. The zero-order valence-corrected chi connectivity index (χ0v) is 25.0. The van der Waals surface area contributed by atoms with Gasteiger partial charge in [-0.05, 0) is 45.4 Å². The minimum atomic E-state index is -1.22. The lowest BCUT2D eigenvalue weighted by atomic mass is 9.99. The zero-order chi connectivity index (χ0) is 30.9. The van der Waals surface area contributed by atoms with Gasteiger partial charge in [-0.1, -0.05) is 36.4 Å². The van der Waals surface area contributed by atoms with E-state index in [2.05, 4.69) is 11.9 Å². The van der Waals surface area contributed by atoms with E-state index in [9.17, 15) is 14.4 Å². The van der Waals surface area contributed by atoms with Crippen LogP contribution in [-0.2, 0) is 23.9 Å². The van der Waals surface area contributed by atoms with Gasteiger partial charge in [0.1, 0.15) is 28.7 Å². The summed E-state index contributed by atoms with van der Waals surface area (Å²) in [6, 6.07) is 17.1. The summed E-state index contributed by atoms with van der Waals surface area (Å²) in [5.41, 5.74) is 0.483. The molecule has 43 heavy (non-hydrogen) atoms. The third-order valence-electron chi connectivity index (χ3n) is 7.68. The highest BCUT2D eigenvalue weighted by Gasteiger charge is 2.62. The maximum Gasteiger partial charge on any atom is 0.334 e. The number of aromatic nitrogens is 1. The molecule has 3 unspecified atom stereocenters. The molecule has 224 valence electrons. The number of carbonyl (C=O) groups excluding carboxylic acids is 3. The number of benzene rings is 2. The Bertz CT molecular complexity index is 1610. The van der Waals surface area contributed by atoms with Crippen molar-refractivity contribution >= 4 is 28.7 Å². The highest BCUT2D eigenvalue weighted by molar-refractivity contribution is 6.00. The molecule has 0 bridgehead atoms. The third-order valence-corrected chi connectivity index (χ3v) is 7.68. The van der Waals surface area contributed by atoms with E-state index in [0.29, 0.717) is 29.1 Å². The van der Waals surface area contributed by atoms with Crippen molar-refractivity contribution in [1.29, 1.82) is 0 Å². The molecule has 9 nitrogen and oxygen atoms in total. The number of esters is 2. The summed E-state index contributed by atoms with van der Waals surface area (Å²) in [7, 11) is 2.85. The van der Waals surface area contributed by atoms with Crippen LogP contribution in [-0.4, -0.2) is 54.3 Å². The Kier molecular flexibility index (Phi) is 8.01. The molecule has 1 N–H and O–H groups in total. The maximum absolute atomic E-state index is 13.7. The minimum absolute atomic E-state index is 0.167. The second-order valence-corrected chi connectivity index (χ2v) is 11.8. The summed E-state index contributed by atoms with van der Waals surface area (Å²) in [5.74, 6) is -1.63. The Morgan fingerprint density at radius 1 is 1.07 bits per heavy atom. The molecule has 2 aliphatic rings. The highest BCUT2D eigenvalue weighted by atomic mass is 16.6. The van der Waals surface area contributed by atoms with E-state index in [4.69, 9.17) is 23.9 Å². The van der Waals surface area contributed by atoms with Crippen molar-refractivity contribution in [3.05, 3.63) is 78.9 Å². The molecular formula is C34H36N2O7. The first-order valence-electron chi connectivity index (χ1n) is 14.2. The monoisotopic (exact) mass is 584 g/mol. The first kappa shape index (κ1) is 29.8. The molecule has 2 aliphatic carbocycles. The molecule has 1 heterocycles. The number of carbonyl (C=O) groups is 3. The quantitative estimate of drug-likeness (QED) is 0.271. The van der Waals surface area contributed by atoms with Crippen LogP contribution in [0, 0.1) is 11.8 Å². The largest absolute Gasteiger partial charge is 0.497 e. The van der Waals surface area contributed by atoms with Crippen molar-refractivity contribution in [1.82, 2.24) is 10.3 Å². The minimum Gasteiger partial charge on any atom is -0.497 e. The van der Waals surface area contributed by atoms with Crippen LogP contribution in [0.2, 0.25) is 0 Å². The average molecular weight is 585 g/mol. The standard InChI is InChI=1S/C34H36N2O7/c1-7-21-19-34(21,32(39)43-33(2,3)4)36-30(37)25-15-23(16-26(25)31(38)41-6)42-29-18-27(20-11-9-8-10-12-20)35-28-17-22(40-5)13-14-24(28)29/h7-14,16-18,21,23,25H,1,15,19H2,2-6H3,(H,36,37)/t21-,23?,25?,34?/m1/s1. The van der Waals surface area contributed by atoms with Gasteiger partial charge in [0.25, 0.3) is 0 Å². The van der Waals surface area contributed by atoms with Gasteiger partial charge in [-0.25, -0.2) is 14.6 Å². The van der Waals surface area contributed by atoms with Gasteiger partial charge in [0.15, 0.2) is 0 Å². The van der Waals surface area contributed by atoms with E-state index in [1.807, 2.05) is 54.6 Å². The van der Waals surface area contributed by atoms with Crippen LogP contribution in [0.5, 0.6) is 11.5 Å². The molecule has 9 heteroatoms. The van der Waals surface area contributed by atoms with Crippen LogP contribution >= 0.6 is 0 Å². The van der Waals surface area contributed by atoms with Gasteiger partial charge in [-0.3, -0.25) is 4.79 Å². The number of fused-ring (bicyclic) bond motifs is 1. The van der Waals surface area contributed by atoms with Crippen molar-refractivity contribution < 1.29 is 33.3 Å². The predicted molar refractivity (Wildman–Crippen MR) is 161 cm³/mol. The van der Waals surface area contributed by atoms with Gasteiger partial charge >= 0.3 is 11.9 Å². The highest BCUT2D eigenvalue weighted by Crippen LogP contribution is 2.47. The lowest BCUT2D eigenvalue weighted by Gasteiger charge is -2.26. The van der Waals surface area contributed by atoms with E-state index in [1.54, 1.807) is 40.0 Å². The number of hydrogen-bond acceptors (Lipinski definition) is 8. The van der Waals surface area contributed by atoms with Gasteiger partial charge in [0, 0.05) is 41.0 Å². The molecule has 4 atom stereocenters. The SMILES string of the molecule is C=C[C@@H]1CC1(NC(=O)C1CC(Oc2cc(-c3ccccc3)nc3cc(OC)ccc23)C=C1C(=O)OC)C(=O)OC(C)(C)C. The summed E-state index contributed by atoms with van der Waals surface area (Å²) in [6.07, 6.45) is 3.16. The van der Waals surface area contributed by atoms with E-state index < -0.39 is 41.0 Å². The number of hydrogen-bond donors (Lipinski definition) is 1. The molecule has 0 aliphatic heterocycles. The fourth-order valence-corrected chi connectivity index (χ4v) is 5.40. The van der Waals surface area contributed by atoms with Crippen LogP contribution < -0.4 is 14.8 Å². The van der Waals surface area contributed by atoms with Gasteiger partial charge in [-0.15, -0.1) is 6.58 Å². The second kappa shape index (κ2) is 11.6. The molecule has 5 rings (SSSR count). The lowest BCUT2D eigenvalue weighted by molar-refractivity contribution is -0.160. The first-order valence-corrected chi connectivity index (χ1v) is 14.2. The van der Waals surface area contributed by atoms with Crippen molar-refractivity contribution in [2.75, 3.05) is 14.2 Å². The van der Waals surface area contributed by atoms with Crippen LogP contribution in [0.25, 0.3) is 22.2 Å². The topological polar surface area (TPSA) is 113 Å². The van der Waals surface area contributed by atoms with Crippen LogP contribution in [0.3, 0.4) is 0 Å². The molecule has 1 aromatic heterocycles. The van der Waals surface area contributed by atoms with E-state index in [1.165, 1.54) is 7.11 Å². The predicted octanol–water partition coefficient (Wildman–Crippen LogP) is 5.18. The number of nitrogens with one attached hydrogen (secondary N) is 1. The van der Waals surface area contributed by atoms with Gasteiger partial charge in [-0.2, -0.15) is 0 Å². The number of nitrogens with zero attached hydrogens (tertiary/aromatic N) is 1. The zero-order valence-electron chi connectivity index (χ0n) is 25.0. The molecule has 2 aromatic carbocycles. The summed E-state index contributed by atoms with van der Waals surface area (Å²) in [5, 5.41) is 3.63. The smallest absolute Gasteiger partial charge is 0.334 e. The number of pyridine rings is 1. The number of methoxy groups -OCH3 is 2. The third kappa shape index (κ3) is 6.11. The molecule has 0 radical (unpaired) electrons. The Morgan fingerprint density at radius 2 is 1.81 bits per heavy atom. The lowest BCUT2D eigenvalue weighted by Crippen LogP contribution is -2.50. The van der Waals surface area contributed by atoms with Gasteiger partial charge < -0.3 is 24.3 Å². The summed E-state index contributed by atoms with van der Waals surface area (Å²) in [4.78, 5) is 44.5. The molecule has 1 fully saturated rings. The van der Waals surface area contributed by atoms with Crippen molar-refractivity contribution in [2.45, 2.75) is 50.9 Å². The summed E-state index contributed by atoms with van der Waals surface area (Å²) in [6.45, 7) is 9.11. The molecule has 3 aromatic rings. The van der Waals surface area contributed by atoms with Crippen molar-refractivity contribution in [2.24, 2.45) is 11.8 Å². The van der Waals surface area contributed by atoms with Gasteiger partial charge in [0.05, 0.1) is 31.3 Å². The van der Waals surface area contributed by atoms with E-state index in [-0.39, 0.29) is 17.9 Å². The van der Waals surface area contributed by atoms with Crippen LogP contribution in [0.1, 0.15) is 33.6 Å². The Morgan fingerprint density at radius 3 is 2.44 bits per heavy atom. The normalized spacial score (nSPS) is 22.7. The molecular weight excluding hydrogens is 548 g/mol. The first-order chi connectivity index (χ1) is 20.5. The Labute approximate surface area is 250 Å². The van der Waals surface area contributed by atoms with Crippen molar-refractivity contribution in [3.8, 4) is 22.8 Å². The summed E-state index contributed by atoms with van der Waals surface area (Å²) >= 11 is 0. The number of ether oxygens (including phenoxy) is 4. The molecule has 0 saturated heterocycles. The molecule has 1 saturated carbocycles. The van der Waals surface area contributed by atoms with E-state index >= 15 is 0 Å². The number of rotatable bonds is 9. The van der Waals surface area contributed by atoms with Gasteiger partial charge in [0.2, 0.25) is 5.91 Å². The average Bonchev–Trinajstić information content (AvgIpc) is 3.55. The maximum atomic E-state index is 13.7. The Hall–Kier alpha value is -4.66. The van der Waals surface area contributed by atoms with Crippen molar-refractivity contribution in [3.63, 3.8) is 0 Å². The number of amides is 1. The van der Waals surface area contributed by atoms with Crippen LogP contribution in [0.15, 0.2) is 78.9 Å². The van der Waals surface area contributed by atoms with E-state index in [0.717, 1.165) is 10.9 Å². The molecule has 0 spiro atoms. The fourth-order valence-electron chi connectivity index (χ4n) is 5.40. The fraction of sp³-hybridized carbons (Fsp3) is 0.353.